The molecule has 1 fully saturated rings. The molecule has 0 atom stereocenters. The number of rotatable bonds is 5. The summed E-state index contributed by atoms with van der Waals surface area (Å²) in [5.74, 6) is 0.230. The van der Waals surface area contributed by atoms with Crippen molar-refractivity contribution in [3.05, 3.63) is 63.0 Å². The predicted molar refractivity (Wildman–Crippen MR) is 119 cm³/mol. The van der Waals surface area contributed by atoms with Gasteiger partial charge in [-0.3, -0.25) is 19.0 Å². The van der Waals surface area contributed by atoms with E-state index < -0.39 is 0 Å². The second-order valence-electron chi connectivity index (χ2n) is 8.11. The van der Waals surface area contributed by atoms with E-state index in [1.807, 2.05) is 40.1 Å². The fraction of sp³-hybridized carbons (Fsp3) is 0.391. The molecule has 2 aliphatic rings. The van der Waals surface area contributed by atoms with Crippen LogP contribution >= 0.6 is 11.3 Å². The second-order valence-corrected chi connectivity index (χ2v) is 9.19. The number of amides is 2. The zero-order valence-corrected chi connectivity index (χ0v) is 18.1. The molecule has 2 aromatic heterocycles. The highest BCUT2D eigenvalue weighted by Gasteiger charge is 2.27. The van der Waals surface area contributed by atoms with E-state index in [1.165, 1.54) is 11.3 Å². The van der Waals surface area contributed by atoms with Crippen molar-refractivity contribution in [1.82, 2.24) is 19.4 Å². The number of thiophene rings is 1. The van der Waals surface area contributed by atoms with E-state index in [2.05, 4.69) is 4.98 Å². The first-order valence-corrected chi connectivity index (χ1v) is 11.6. The lowest BCUT2D eigenvalue weighted by molar-refractivity contribution is -0.127. The molecule has 160 valence electrons. The highest BCUT2D eigenvalue weighted by molar-refractivity contribution is 7.18. The summed E-state index contributed by atoms with van der Waals surface area (Å²) >= 11 is 1.51. The molecule has 1 aromatic carbocycles. The monoisotopic (exact) mass is 436 g/mol. The van der Waals surface area contributed by atoms with Crippen LogP contribution in [0.1, 0.15) is 40.1 Å². The Hall–Kier alpha value is -3.00. The minimum Gasteiger partial charge on any atom is -0.343 e. The quantitative estimate of drug-likeness (QED) is 0.616. The van der Waals surface area contributed by atoms with Crippen molar-refractivity contribution in [2.24, 2.45) is 0 Å². The highest BCUT2D eigenvalue weighted by atomic mass is 32.1. The molecule has 0 aliphatic carbocycles. The van der Waals surface area contributed by atoms with Crippen LogP contribution in [-0.2, 0) is 24.3 Å². The summed E-state index contributed by atoms with van der Waals surface area (Å²) in [6, 6.07) is 9.30. The number of fused-ring (bicyclic) bond motifs is 3. The van der Waals surface area contributed by atoms with Gasteiger partial charge in [0.2, 0.25) is 5.91 Å². The minimum atomic E-state index is -0.0157. The van der Waals surface area contributed by atoms with Crippen LogP contribution in [0, 0.1) is 0 Å². The van der Waals surface area contributed by atoms with Crippen LogP contribution in [0.2, 0.25) is 0 Å². The van der Waals surface area contributed by atoms with E-state index in [0.29, 0.717) is 50.0 Å². The molecule has 0 spiro atoms. The molecular formula is C23H24N4O3S. The standard InChI is InChI=1S/C23H24N4O3S/c28-19-8-4-10-25(19)11-5-12-27-15-24-21-20(23(27)30)17-9-13-26(14-18(17)31-21)22(29)16-6-2-1-3-7-16/h1-3,6-7,15H,4-5,8-14H2. The van der Waals surface area contributed by atoms with E-state index in [4.69, 9.17) is 0 Å². The lowest BCUT2D eigenvalue weighted by atomic mass is 10.0. The van der Waals surface area contributed by atoms with Gasteiger partial charge in [0.1, 0.15) is 4.83 Å². The SMILES string of the molecule is O=C1CCCN1CCCn1cnc2sc3c(c2c1=O)CCN(C(=O)c1ccccc1)C3. The number of hydrogen-bond acceptors (Lipinski definition) is 5. The number of likely N-dealkylation sites (tertiary alicyclic amines) is 1. The molecule has 4 heterocycles. The molecule has 2 aliphatic heterocycles. The van der Waals surface area contributed by atoms with Crippen molar-refractivity contribution in [3.63, 3.8) is 0 Å². The third kappa shape index (κ3) is 3.76. The average Bonchev–Trinajstić information content (AvgIpc) is 3.38. The number of hydrogen-bond donors (Lipinski definition) is 0. The van der Waals surface area contributed by atoms with Crippen LogP contribution in [0.15, 0.2) is 41.5 Å². The van der Waals surface area contributed by atoms with Gasteiger partial charge in [-0.2, -0.15) is 0 Å². The number of nitrogens with zero attached hydrogens (tertiary/aromatic N) is 4. The van der Waals surface area contributed by atoms with Crippen molar-refractivity contribution in [3.8, 4) is 0 Å². The van der Waals surface area contributed by atoms with Crippen LogP contribution in [0.25, 0.3) is 10.2 Å². The first kappa shape index (κ1) is 19.9. The Balaban J connectivity index is 1.34. The summed E-state index contributed by atoms with van der Waals surface area (Å²) in [6.07, 6.45) is 4.59. The first-order valence-electron chi connectivity index (χ1n) is 10.7. The average molecular weight is 437 g/mol. The summed E-state index contributed by atoms with van der Waals surface area (Å²) in [4.78, 5) is 47.8. The molecule has 1 saturated heterocycles. The van der Waals surface area contributed by atoms with Gasteiger partial charge in [0, 0.05) is 43.0 Å². The lowest BCUT2D eigenvalue weighted by Crippen LogP contribution is -2.35. The molecule has 8 heteroatoms. The molecule has 5 rings (SSSR count). The molecular weight excluding hydrogens is 412 g/mol. The maximum Gasteiger partial charge on any atom is 0.262 e. The zero-order valence-electron chi connectivity index (χ0n) is 17.2. The minimum absolute atomic E-state index is 0.0157. The predicted octanol–water partition coefficient (Wildman–Crippen LogP) is 2.67. The topological polar surface area (TPSA) is 75.5 Å². The largest absolute Gasteiger partial charge is 0.343 e. The Morgan fingerprint density at radius 1 is 1.06 bits per heavy atom. The van der Waals surface area contributed by atoms with Crippen LogP contribution in [0.3, 0.4) is 0 Å². The fourth-order valence-corrected chi connectivity index (χ4v) is 5.68. The Morgan fingerprint density at radius 2 is 1.90 bits per heavy atom. The highest BCUT2D eigenvalue weighted by Crippen LogP contribution is 2.32. The van der Waals surface area contributed by atoms with Crippen molar-refractivity contribution >= 4 is 33.4 Å². The van der Waals surface area contributed by atoms with E-state index in [9.17, 15) is 14.4 Å². The molecule has 0 N–H and O–H groups in total. The van der Waals surface area contributed by atoms with Gasteiger partial charge in [0.15, 0.2) is 0 Å². The van der Waals surface area contributed by atoms with Gasteiger partial charge < -0.3 is 9.80 Å². The molecule has 0 unspecified atom stereocenters. The van der Waals surface area contributed by atoms with Gasteiger partial charge in [-0.15, -0.1) is 11.3 Å². The van der Waals surface area contributed by atoms with Crippen LogP contribution < -0.4 is 5.56 Å². The number of aryl methyl sites for hydroxylation is 1. The Labute approximate surface area is 183 Å². The van der Waals surface area contributed by atoms with Gasteiger partial charge >= 0.3 is 0 Å². The van der Waals surface area contributed by atoms with E-state index >= 15 is 0 Å². The fourth-order valence-electron chi connectivity index (χ4n) is 4.49. The van der Waals surface area contributed by atoms with E-state index in [0.717, 1.165) is 34.7 Å². The normalized spacial score (nSPS) is 16.2. The van der Waals surface area contributed by atoms with Gasteiger partial charge in [0.05, 0.1) is 18.3 Å². The second kappa shape index (κ2) is 8.26. The molecule has 31 heavy (non-hydrogen) atoms. The molecule has 0 saturated carbocycles. The number of carbonyl (C=O) groups excluding carboxylic acids is 2. The van der Waals surface area contributed by atoms with E-state index in [1.54, 1.807) is 10.9 Å². The Bertz CT molecular complexity index is 1200. The third-order valence-electron chi connectivity index (χ3n) is 6.13. The van der Waals surface area contributed by atoms with Gasteiger partial charge in [-0.1, -0.05) is 18.2 Å². The van der Waals surface area contributed by atoms with Crippen molar-refractivity contribution in [2.75, 3.05) is 19.6 Å². The van der Waals surface area contributed by atoms with E-state index in [-0.39, 0.29) is 17.4 Å². The first-order chi connectivity index (χ1) is 15.1. The van der Waals surface area contributed by atoms with Gasteiger partial charge in [-0.25, -0.2) is 4.98 Å². The molecule has 2 amide bonds. The molecule has 0 radical (unpaired) electrons. The molecule has 0 bridgehead atoms. The van der Waals surface area contributed by atoms with Gasteiger partial charge in [0.25, 0.3) is 11.5 Å². The number of aromatic nitrogens is 2. The summed E-state index contributed by atoms with van der Waals surface area (Å²) < 4.78 is 1.66. The lowest BCUT2D eigenvalue weighted by Gasteiger charge is -2.27. The Morgan fingerprint density at radius 3 is 2.68 bits per heavy atom. The third-order valence-corrected chi connectivity index (χ3v) is 7.26. The molecule has 7 nitrogen and oxygen atoms in total. The summed E-state index contributed by atoms with van der Waals surface area (Å²) in [7, 11) is 0. The summed E-state index contributed by atoms with van der Waals surface area (Å²) in [5.41, 5.74) is 1.71. The smallest absolute Gasteiger partial charge is 0.262 e. The summed E-state index contributed by atoms with van der Waals surface area (Å²) in [5, 5.41) is 0.701. The number of carbonyl (C=O) groups is 2. The van der Waals surface area contributed by atoms with Crippen molar-refractivity contribution in [2.45, 2.75) is 38.8 Å². The van der Waals surface area contributed by atoms with Gasteiger partial charge in [-0.05, 0) is 37.0 Å². The van der Waals surface area contributed by atoms with Crippen molar-refractivity contribution in [1.29, 1.82) is 0 Å². The van der Waals surface area contributed by atoms with Crippen molar-refractivity contribution < 1.29 is 9.59 Å². The zero-order chi connectivity index (χ0) is 21.4. The maximum absolute atomic E-state index is 13.2. The summed E-state index contributed by atoms with van der Waals surface area (Å²) in [6.45, 7) is 3.16. The molecule has 3 aromatic rings. The van der Waals surface area contributed by atoms with Crippen LogP contribution in [0.4, 0.5) is 0 Å². The maximum atomic E-state index is 13.2. The number of benzene rings is 1. The van der Waals surface area contributed by atoms with Crippen LogP contribution in [-0.4, -0.2) is 50.8 Å². The Kier molecular flexibility index (Phi) is 5.31. The van der Waals surface area contributed by atoms with Crippen LogP contribution in [0.5, 0.6) is 0 Å².